The summed E-state index contributed by atoms with van der Waals surface area (Å²) in [5, 5.41) is 0. The Bertz CT molecular complexity index is 410. The summed E-state index contributed by atoms with van der Waals surface area (Å²) in [6.45, 7) is 2.20. The van der Waals surface area contributed by atoms with Crippen molar-refractivity contribution >= 4 is 0 Å². The molecule has 2 aliphatic carbocycles. The van der Waals surface area contributed by atoms with Crippen molar-refractivity contribution in [1.82, 2.24) is 9.97 Å². The highest BCUT2D eigenvalue weighted by atomic mass is 14.9. The van der Waals surface area contributed by atoms with E-state index in [1.807, 2.05) is 0 Å². The summed E-state index contributed by atoms with van der Waals surface area (Å²) < 4.78 is 0. The molecule has 0 aromatic carbocycles. The molecular weight excluding hydrogens is 234 g/mol. The minimum atomic E-state index is 0.421. The molecule has 2 aliphatic rings. The van der Waals surface area contributed by atoms with Gasteiger partial charge in [0, 0.05) is 23.6 Å². The maximum atomic E-state index is 6.00. The molecule has 0 atom stereocenters. The molecule has 0 amide bonds. The van der Waals surface area contributed by atoms with Crippen LogP contribution in [0.5, 0.6) is 0 Å². The summed E-state index contributed by atoms with van der Waals surface area (Å²) in [6, 6.07) is 0.421. The molecule has 0 aliphatic heterocycles. The van der Waals surface area contributed by atoms with E-state index in [0.29, 0.717) is 17.9 Å². The molecule has 19 heavy (non-hydrogen) atoms. The van der Waals surface area contributed by atoms with E-state index in [1.54, 1.807) is 0 Å². The SMILES string of the molecule is Cc1[nH]c(C2CCC(N)CC2)nc1C1CCCCC1. The van der Waals surface area contributed by atoms with Crippen LogP contribution >= 0.6 is 0 Å². The van der Waals surface area contributed by atoms with Gasteiger partial charge in [-0.1, -0.05) is 19.3 Å². The Balaban J connectivity index is 1.73. The predicted octanol–water partition coefficient (Wildman–Crippen LogP) is 3.75. The third-order valence-electron chi connectivity index (χ3n) is 5.09. The van der Waals surface area contributed by atoms with Gasteiger partial charge < -0.3 is 10.7 Å². The molecule has 0 radical (unpaired) electrons. The van der Waals surface area contributed by atoms with Crippen molar-refractivity contribution < 1.29 is 0 Å². The van der Waals surface area contributed by atoms with Crippen LogP contribution in [0.2, 0.25) is 0 Å². The van der Waals surface area contributed by atoms with Crippen LogP contribution in [0.25, 0.3) is 0 Å². The molecule has 0 bridgehead atoms. The molecule has 106 valence electrons. The summed E-state index contributed by atoms with van der Waals surface area (Å²) >= 11 is 0. The van der Waals surface area contributed by atoms with Crippen LogP contribution in [0.15, 0.2) is 0 Å². The van der Waals surface area contributed by atoms with E-state index in [4.69, 9.17) is 10.7 Å². The van der Waals surface area contributed by atoms with Gasteiger partial charge in [-0.3, -0.25) is 0 Å². The quantitative estimate of drug-likeness (QED) is 0.852. The summed E-state index contributed by atoms with van der Waals surface area (Å²) in [5.41, 5.74) is 8.68. The van der Waals surface area contributed by atoms with Crippen molar-refractivity contribution in [3.8, 4) is 0 Å². The van der Waals surface area contributed by atoms with Crippen LogP contribution in [0.4, 0.5) is 0 Å². The van der Waals surface area contributed by atoms with Crippen LogP contribution in [0, 0.1) is 6.92 Å². The lowest BCUT2D eigenvalue weighted by Crippen LogP contribution is -2.26. The van der Waals surface area contributed by atoms with Gasteiger partial charge in [-0.2, -0.15) is 0 Å². The smallest absolute Gasteiger partial charge is 0.109 e. The molecule has 3 heteroatoms. The molecule has 1 heterocycles. The number of aryl methyl sites for hydroxylation is 1. The second-order valence-electron chi connectivity index (χ2n) is 6.58. The van der Waals surface area contributed by atoms with Crippen molar-refractivity contribution in [2.24, 2.45) is 5.73 Å². The van der Waals surface area contributed by atoms with Crippen LogP contribution in [-0.2, 0) is 0 Å². The molecule has 0 saturated heterocycles. The van der Waals surface area contributed by atoms with E-state index >= 15 is 0 Å². The van der Waals surface area contributed by atoms with Crippen molar-refractivity contribution in [3.05, 3.63) is 17.2 Å². The molecule has 3 N–H and O–H groups in total. The monoisotopic (exact) mass is 261 g/mol. The first-order chi connectivity index (χ1) is 9.24. The molecular formula is C16H27N3. The number of aromatic nitrogens is 2. The van der Waals surface area contributed by atoms with Crippen molar-refractivity contribution in [2.75, 3.05) is 0 Å². The van der Waals surface area contributed by atoms with Gasteiger partial charge in [0.05, 0.1) is 5.69 Å². The summed E-state index contributed by atoms with van der Waals surface area (Å²) in [7, 11) is 0. The van der Waals surface area contributed by atoms with Crippen molar-refractivity contribution in [3.63, 3.8) is 0 Å². The second kappa shape index (κ2) is 5.66. The molecule has 2 fully saturated rings. The van der Waals surface area contributed by atoms with Gasteiger partial charge in [0.1, 0.15) is 5.82 Å². The van der Waals surface area contributed by atoms with Gasteiger partial charge in [-0.15, -0.1) is 0 Å². The highest BCUT2D eigenvalue weighted by Gasteiger charge is 2.26. The van der Waals surface area contributed by atoms with Crippen LogP contribution < -0.4 is 5.73 Å². The number of nitrogens with zero attached hydrogens (tertiary/aromatic N) is 1. The van der Waals surface area contributed by atoms with Crippen LogP contribution in [0.1, 0.15) is 86.8 Å². The third kappa shape index (κ3) is 2.86. The van der Waals surface area contributed by atoms with Gasteiger partial charge in [-0.25, -0.2) is 4.98 Å². The number of hydrogen-bond acceptors (Lipinski definition) is 2. The minimum absolute atomic E-state index is 0.421. The van der Waals surface area contributed by atoms with Crippen LogP contribution in [-0.4, -0.2) is 16.0 Å². The fraction of sp³-hybridized carbons (Fsp3) is 0.812. The zero-order chi connectivity index (χ0) is 13.2. The Morgan fingerprint density at radius 3 is 2.32 bits per heavy atom. The lowest BCUT2D eigenvalue weighted by molar-refractivity contribution is 0.384. The normalized spacial score (nSPS) is 29.6. The lowest BCUT2D eigenvalue weighted by atomic mass is 9.85. The fourth-order valence-corrected chi connectivity index (χ4v) is 3.86. The van der Waals surface area contributed by atoms with E-state index in [0.717, 1.165) is 12.8 Å². The van der Waals surface area contributed by atoms with E-state index in [1.165, 1.54) is 62.2 Å². The summed E-state index contributed by atoms with van der Waals surface area (Å²) in [6.07, 6.45) is 11.6. The van der Waals surface area contributed by atoms with E-state index < -0.39 is 0 Å². The molecule has 1 aromatic rings. The third-order valence-corrected chi connectivity index (χ3v) is 5.09. The summed E-state index contributed by atoms with van der Waals surface area (Å²) in [4.78, 5) is 8.56. The minimum Gasteiger partial charge on any atom is -0.346 e. The summed E-state index contributed by atoms with van der Waals surface area (Å²) in [5.74, 6) is 2.57. The fourth-order valence-electron chi connectivity index (χ4n) is 3.86. The first-order valence-corrected chi connectivity index (χ1v) is 8.06. The van der Waals surface area contributed by atoms with Gasteiger partial charge in [0.15, 0.2) is 0 Å². The maximum absolute atomic E-state index is 6.00. The van der Waals surface area contributed by atoms with E-state index in [2.05, 4.69) is 11.9 Å². The molecule has 1 aromatic heterocycles. The number of nitrogens with two attached hydrogens (primary N) is 1. The van der Waals surface area contributed by atoms with Gasteiger partial charge in [0.2, 0.25) is 0 Å². The number of aromatic amines is 1. The first-order valence-electron chi connectivity index (χ1n) is 8.06. The molecule has 3 rings (SSSR count). The van der Waals surface area contributed by atoms with E-state index in [9.17, 15) is 0 Å². The van der Waals surface area contributed by atoms with Crippen molar-refractivity contribution in [2.45, 2.75) is 82.6 Å². The Hall–Kier alpha value is -0.830. The number of nitrogens with one attached hydrogen (secondary N) is 1. The molecule has 2 saturated carbocycles. The molecule has 0 unspecified atom stereocenters. The molecule has 0 spiro atoms. The number of hydrogen-bond donors (Lipinski definition) is 2. The van der Waals surface area contributed by atoms with Gasteiger partial charge >= 0.3 is 0 Å². The van der Waals surface area contributed by atoms with Gasteiger partial charge in [0.25, 0.3) is 0 Å². The second-order valence-corrected chi connectivity index (χ2v) is 6.58. The number of rotatable bonds is 2. The lowest BCUT2D eigenvalue weighted by Gasteiger charge is -2.24. The number of imidazole rings is 1. The topological polar surface area (TPSA) is 54.7 Å². The first kappa shape index (κ1) is 13.2. The standard InChI is InChI=1S/C16H27N3/c1-11-15(12-5-3-2-4-6-12)19-16(18-11)13-7-9-14(17)10-8-13/h12-14H,2-10,17H2,1H3,(H,18,19). The maximum Gasteiger partial charge on any atom is 0.109 e. The van der Waals surface area contributed by atoms with Gasteiger partial charge in [-0.05, 0) is 45.4 Å². The predicted molar refractivity (Wildman–Crippen MR) is 78.3 cm³/mol. The van der Waals surface area contributed by atoms with Crippen LogP contribution in [0.3, 0.4) is 0 Å². The average molecular weight is 261 g/mol. The average Bonchev–Trinajstić information content (AvgIpc) is 2.83. The zero-order valence-electron chi connectivity index (χ0n) is 12.1. The Morgan fingerprint density at radius 2 is 1.63 bits per heavy atom. The Morgan fingerprint density at radius 1 is 0.947 bits per heavy atom. The van der Waals surface area contributed by atoms with E-state index in [-0.39, 0.29) is 0 Å². The highest BCUT2D eigenvalue weighted by Crippen LogP contribution is 2.36. The van der Waals surface area contributed by atoms with Crippen molar-refractivity contribution in [1.29, 1.82) is 0 Å². The molecule has 3 nitrogen and oxygen atoms in total. The Kier molecular flexibility index (Phi) is 3.92. The zero-order valence-corrected chi connectivity index (χ0v) is 12.1. The Labute approximate surface area is 116 Å². The largest absolute Gasteiger partial charge is 0.346 e. The number of H-pyrrole nitrogens is 1. The highest BCUT2D eigenvalue weighted by molar-refractivity contribution is 5.20.